The molecule has 0 saturated heterocycles. The first-order valence-electron chi connectivity index (χ1n) is 15.8. The average Bonchev–Trinajstić information content (AvgIpc) is 3.90. The zero-order chi connectivity index (χ0) is 38.2. The molecule has 1 saturated carbocycles. The van der Waals surface area contributed by atoms with Gasteiger partial charge in [0, 0.05) is 35.6 Å². The minimum atomic E-state index is -4.65. The van der Waals surface area contributed by atoms with E-state index < -0.39 is 60.6 Å². The van der Waals surface area contributed by atoms with Gasteiger partial charge in [0.05, 0.1) is 12.1 Å². The predicted octanol–water partition coefficient (Wildman–Crippen LogP) is 4.40. The van der Waals surface area contributed by atoms with Gasteiger partial charge in [0.15, 0.2) is 6.61 Å². The van der Waals surface area contributed by atoms with Gasteiger partial charge in [-0.3, -0.25) is 14.4 Å². The number of halogens is 4. The second kappa shape index (κ2) is 16.6. The van der Waals surface area contributed by atoms with E-state index in [4.69, 9.17) is 21.1 Å². The van der Waals surface area contributed by atoms with E-state index in [2.05, 4.69) is 41.5 Å². The maximum Gasteiger partial charge on any atom is 0.422 e. The van der Waals surface area contributed by atoms with Gasteiger partial charge in [0.25, 0.3) is 5.91 Å². The van der Waals surface area contributed by atoms with Crippen molar-refractivity contribution in [3.63, 3.8) is 0 Å². The first-order chi connectivity index (χ1) is 25.2. The molecule has 3 amide bonds. The molecule has 0 radical (unpaired) electrons. The maximum atomic E-state index is 12.9. The van der Waals surface area contributed by atoms with Crippen molar-refractivity contribution in [2.45, 2.75) is 37.2 Å². The lowest BCUT2D eigenvalue weighted by molar-refractivity contribution is -0.154. The van der Waals surface area contributed by atoms with Gasteiger partial charge in [0.2, 0.25) is 11.9 Å². The summed E-state index contributed by atoms with van der Waals surface area (Å²) in [6.45, 7) is -1.88. The van der Waals surface area contributed by atoms with Crippen LogP contribution in [0.5, 0.6) is 6.01 Å². The van der Waals surface area contributed by atoms with E-state index in [-0.39, 0.29) is 17.5 Å². The minimum Gasteiger partial charge on any atom is -0.480 e. The Morgan fingerprint density at radius 2 is 1.53 bits per heavy atom. The van der Waals surface area contributed by atoms with Crippen LogP contribution in [-0.2, 0) is 31.3 Å². The molecular weight excluding hydrogens is 725 g/mol. The van der Waals surface area contributed by atoms with Gasteiger partial charge in [-0.1, -0.05) is 35.9 Å². The summed E-state index contributed by atoms with van der Waals surface area (Å²) in [5.41, 5.74) is 1.81. The molecule has 6 N–H and O–H groups in total. The van der Waals surface area contributed by atoms with E-state index in [0.29, 0.717) is 35.8 Å². The Balaban J connectivity index is 1.20. The van der Waals surface area contributed by atoms with Crippen LogP contribution >= 0.6 is 11.6 Å². The number of rotatable bonds is 15. The number of anilines is 4. The fourth-order valence-corrected chi connectivity index (χ4v) is 4.99. The summed E-state index contributed by atoms with van der Waals surface area (Å²) in [5, 5.41) is 23.0. The standard InChI is InChI=1S/C34H32ClF3N8O7/c1-52-17-19-2-10-23(11-3-19)40-28(49)27(48)39-16-25(29(50)51)42-26(47)20-4-12-24(13-5-20)41-30-43-31(45-32(44-30)53-18-34(36,37)38)46-33(14-15-33)21-6-8-22(35)9-7-21/h2-13,25H,14-18H2,1H3,(H,39,48)(H,40,49)(H,42,47)(H,50,51)(H2,41,43,44,45,46)/t25-/m0/s1. The summed E-state index contributed by atoms with van der Waals surface area (Å²) in [7, 11) is 1.53. The second-order valence-corrected chi connectivity index (χ2v) is 12.2. The van der Waals surface area contributed by atoms with Gasteiger partial charge in [-0.15, -0.1) is 0 Å². The fraction of sp³-hybridized carbons (Fsp3) is 0.265. The van der Waals surface area contributed by atoms with Crippen LogP contribution < -0.4 is 31.3 Å². The molecule has 15 nitrogen and oxygen atoms in total. The van der Waals surface area contributed by atoms with Gasteiger partial charge in [-0.05, 0) is 72.5 Å². The number of nitrogens with one attached hydrogen (secondary N) is 5. The number of aromatic nitrogens is 3. The zero-order valence-corrected chi connectivity index (χ0v) is 28.5. The SMILES string of the molecule is COCc1ccc(NC(=O)C(=O)NC[C@H](NC(=O)c2ccc(Nc3nc(NC4(c5ccc(Cl)cc5)CC4)nc(OCC(F)(F)F)n3)cc2)C(=O)O)cc1. The highest BCUT2D eigenvalue weighted by molar-refractivity contribution is 6.39. The van der Waals surface area contributed by atoms with Crippen molar-refractivity contribution >= 4 is 58.6 Å². The number of carboxylic acids is 1. The topological polar surface area (TPSA) is 206 Å². The van der Waals surface area contributed by atoms with Gasteiger partial charge in [-0.25, -0.2) is 4.79 Å². The largest absolute Gasteiger partial charge is 0.480 e. The van der Waals surface area contributed by atoms with E-state index >= 15 is 0 Å². The molecule has 1 aliphatic carbocycles. The van der Waals surface area contributed by atoms with Crippen LogP contribution in [0.3, 0.4) is 0 Å². The lowest BCUT2D eigenvalue weighted by atomic mass is 10.1. The van der Waals surface area contributed by atoms with E-state index in [1.807, 2.05) is 12.1 Å². The van der Waals surface area contributed by atoms with Crippen molar-refractivity contribution < 1.29 is 46.9 Å². The van der Waals surface area contributed by atoms with Crippen LogP contribution in [0.2, 0.25) is 5.02 Å². The van der Waals surface area contributed by atoms with Crippen LogP contribution in [0.25, 0.3) is 0 Å². The average molecular weight is 757 g/mol. The van der Waals surface area contributed by atoms with Crippen molar-refractivity contribution in [3.8, 4) is 6.01 Å². The molecule has 0 spiro atoms. The van der Waals surface area contributed by atoms with Crippen molar-refractivity contribution in [2.24, 2.45) is 0 Å². The molecule has 4 aromatic rings. The lowest BCUT2D eigenvalue weighted by Gasteiger charge is -2.19. The molecule has 5 rings (SSSR count). The molecule has 53 heavy (non-hydrogen) atoms. The molecule has 0 aliphatic heterocycles. The third-order valence-corrected chi connectivity index (χ3v) is 7.93. The molecule has 19 heteroatoms. The molecule has 278 valence electrons. The smallest absolute Gasteiger partial charge is 0.422 e. The molecule has 1 heterocycles. The number of methoxy groups -OCH3 is 1. The highest BCUT2D eigenvalue weighted by Gasteiger charge is 2.45. The van der Waals surface area contributed by atoms with Crippen LogP contribution in [0.4, 0.5) is 36.4 Å². The lowest BCUT2D eigenvalue weighted by Crippen LogP contribution is -2.50. The maximum absolute atomic E-state index is 12.9. The monoisotopic (exact) mass is 756 g/mol. The Bertz CT molecular complexity index is 1950. The van der Waals surface area contributed by atoms with E-state index in [9.17, 15) is 37.5 Å². The van der Waals surface area contributed by atoms with Gasteiger partial charge < -0.3 is 41.2 Å². The third-order valence-electron chi connectivity index (χ3n) is 7.68. The minimum absolute atomic E-state index is 0.0219. The van der Waals surface area contributed by atoms with Crippen LogP contribution in [0.15, 0.2) is 72.8 Å². The fourth-order valence-electron chi connectivity index (χ4n) is 4.86. The summed E-state index contributed by atoms with van der Waals surface area (Å²) >= 11 is 6.01. The number of nitrogens with zero attached hydrogens (tertiary/aromatic N) is 3. The van der Waals surface area contributed by atoms with Crippen molar-refractivity contribution in [1.82, 2.24) is 25.6 Å². The van der Waals surface area contributed by atoms with Gasteiger partial charge in [0.1, 0.15) is 6.04 Å². The Hall–Kier alpha value is -6.01. The normalized spacial score (nSPS) is 13.6. The second-order valence-electron chi connectivity index (χ2n) is 11.7. The Morgan fingerprint density at radius 1 is 0.887 bits per heavy atom. The Kier molecular flexibility index (Phi) is 11.9. The van der Waals surface area contributed by atoms with Crippen molar-refractivity contribution in [3.05, 3.63) is 94.5 Å². The number of aliphatic carboxylic acids is 1. The Labute approximate surface area is 304 Å². The molecule has 1 atom stereocenters. The molecule has 0 bridgehead atoms. The molecular formula is C34H32ClF3N8O7. The van der Waals surface area contributed by atoms with Crippen molar-refractivity contribution in [2.75, 3.05) is 36.2 Å². The number of carbonyl (C=O) groups excluding carboxylic acids is 3. The summed E-state index contributed by atoms with van der Waals surface area (Å²) in [6, 6.07) is 16.9. The van der Waals surface area contributed by atoms with Crippen LogP contribution in [-0.4, -0.2) is 76.2 Å². The van der Waals surface area contributed by atoms with Crippen molar-refractivity contribution in [1.29, 1.82) is 0 Å². The van der Waals surface area contributed by atoms with Gasteiger partial charge in [-0.2, -0.15) is 28.1 Å². The van der Waals surface area contributed by atoms with E-state index in [1.165, 1.54) is 31.4 Å². The van der Waals surface area contributed by atoms with E-state index in [0.717, 1.165) is 11.1 Å². The molecule has 1 fully saturated rings. The van der Waals surface area contributed by atoms with Gasteiger partial charge >= 0.3 is 30.0 Å². The van der Waals surface area contributed by atoms with Crippen LogP contribution in [0, 0.1) is 0 Å². The Morgan fingerprint density at radius 3 is 2.13 bits per heavy atom. The molecule has 3 aromatic carbocycles. The number of carboxylic acid groups (broad SMARTS) is 1. The quantitative estimate of drug-likeness (QED) is 0.0935. The third kappa shape index (κ3) is 11.0. The highest BCUT2D eigenvalue weighted by atomic mass is 35.5. The van der Waals surface area contributed by atoms with E-state index in [1.54, 1.807) is 36.4 Å². The number of benzene rings is 3. The molecule has 1 aromatic heterocycles. The summed E-state index contributed by atoms with van der Waals surface area (Å²) in [4.78, 5) is 61.6. The first kappa shape index (κ1) is 38.2. The van der Waals surface area contributed by atoms with Crippen LogP contribution in [0.1, 0.15) is 34.3 Å². The summed E-state index contributed by atoms with van der Waals surface area (Å²) in [6.07, 6.45) is -3.26. The number of alkyl halides is 3. The first-order valence-corrected chi connectivity index (χ1v) is 16.2. The molecule has 0 unspecified atom stereocenters. The number of amides is 3. The highest BCUT2D eigenvalue weighted by Crippen LogP contribution is 2.48. The predicted molar refractivity (Wildman–Crippen MR) is 185 cm³/mol. The summed E-state index contributed by atoms with van der Waals surface area (Å²) < 4.78 is 48.6. The molecule has 1 aliphatic rings. The number of hydrogen-bond donors (Lipinski definition) is 6. The summed E-state index contributed by atoms with van der Waals surface area (Å²) in [5.74, 6) is -4.68. The number of carbonyl (C=O) groups is 4. The number of ether oxygens (including phenoxy) is 2. The number of hydrogen-bond acceptors (Lipinski definition) is 11. The zero-order valence-electron chi connectivity index (χ0n) is 27.8.